The van der Waals surface area contributed by atoms with Crippen LogP contribution in [0.15, 0.2) is 18.2 Å². The van der Waals surface area contributed by atoms with Gasteiger partial charge in [-0.25, -0.2) is 0 Å². The lowest BCUT2D eigenvalue weighted by Gasteiger charge is -2.16. The van der Waals surface area contributed by atoms with Crippen LogP contribution in [-0.2, 0) is 11.3 Å². The van der Waals surface area contributed by atoms with Crippen molar-refractivity contribution in [2.45, 2.75) is 33.4 Å². The van der Waals surface area contributed by atoms with Crippen LogP contribution in [0.25, 0.3) is 0 Å². The van der Waals surface area contributed by atoms with Crippen molar-refractivity contribution in [3.8, 4) is 11.5 Å². The predicted molar refractivity (Wildman–Crippen MR) is 81.9 cm³/mol. The average Bonchev–Trinajstić information content (AvgIpc) is 2.46. The molecule has 0 aliphatic heterocycles. The third-order valence-electron chi connectivity index (χ3n) is 3.27. The maximum absolute atomic E-state index is 12.3. The van der Waals surface area contributed by atoms with Gasteiger partial charge in [-0.3, -0.25) is 4.79 Å². The van der Waals surface area contributed by atoms with E-state index in [1.165, 1.54) is 13.2 Å². The summed E-state index contributed by atoms with van der Waals surface area (Å²) in [5, 5.41) is 12.2. The summed E-state index contributed by atoms with van der Waals surface area (Å²) in [5.74, 6) is -0.817. The third-order valence-corrected chi connectivity index (χ3v) is 3.27. The van der Waals surface area contributed by atoms with Gasteiger partial charge < -0.3 is 19.9 Å². The van der Waals surface area contributed by atoms with E-state index in [0.29, 0.717) is 25.4 Å². The molecule has 1 atom stereocenters. The first-order chi connectivity index (χ1) is 10.8. The number of carboxylic acid groups (broad SMARTS) is 1. The van der Waals surface area contributed by atoms with Gasteiger partial charge in [0.25, 0.3) is 0 Å². The number of carboxylic acids is 1. The molecule has 0 amide bonds. The Hall–Kier alpha value is -1.89. The average molecular weight is 331 g/mol. The fourth-order valence-electron chi connectivity index (χ4n) is 2.25. The van der Waals surface area contributed by atoms with Crippen LogP contribution < -0.4 is 14.8 Å². The van der Waals surface area contributed by atoms with Gasteiger partial charge >= 0.3 is 12.6 Å². The number of hydrogen-bond acceptors (Lipinski definition) is 4. The van der Waals surface area contributed by atoms with E-state index >= 15 is 0 Å². The summed E-state index contributed by atoms with van der Waals surface area (Å²) in [5.41, 5.74) is 0.789. The second kappa shape index (κ2) is 9.29. The van der Waals surface area contributed by atoms with Crippen LogP contribution in [0.3, 0.4) is 0 Å². The first-order valence-corrected chi connectivity index (χ1v) is 7.38. The first kappa shape index (κ1) is 19.2. The van der Waals surface area contributed by atoms with Crippen molar-refractivity contribution in [2.24, 2.45) is 11.8 Å². The van der Waals surface area contributed by atoms with Crippen molar-refractivity contribution in [1.82, 2.24) is 5.32 Å². The molecule has 1 unspecified atom stereocenters. The molecule has 0 aliphatic rings. The summed E-state index contributed by atoms with van der Waals surface area (Å²) in [7, 11) is 1.37. The molecule has 1 aromatic carbocycles. The lowest BCUT2D eigenvalue weighted by Crippen LogP contribution is -2.29. The maximum atomic E-state index is 12.3. The van der Waals surface area contributed by atoms with Gasteiger partial charge in [0.1, 0.15) is 0 Å². The zero-order chi connectivity index (χ0) is 17.4. The van der Waals surface area contributed by atoms with E-state index in [2.05, 4.69) is 10.1 Å². The van der Waals surface area contributed by atoms with Gasteiger partial charge in [-0.05, 0) is 30.0 Å². The van der Waals surface area contributed by atoms with Gasteiger partial charge in [-0.2, -0.15) is 8.78 Å². The molecule has 0 saturated heterocycles. The minimum absolute atomic E-state index is 0.0329. The number of ether oxygens (including phenoxy) is 2. The quantitative estimate of drug-likeness (QED) is 0.689. The van der Waals surface area contributed by atoms with Crippen LogP contribution in [0.1, 0.15) is 25.8 Å². The molecule has 7 heteroatoms. The zero-order valence-corrected chi connectivity index (χ0v) is 13.5. The summed E-state index contributed by atoms with van der Waals surface area (Å²) in [6, 6.07) is 4.62. The molecule has 0 aliphatic carbocycles. The molecule has 0 bridgehead atoms. The van der Waals surface area contributed by atoms with Crippen molar-refractivity contribution in [2.75, 3.05) is 13.7 Å². The van der Waals surface area contributed by atoms with Crippen LogP contribution in [0.4, 0.5) is 8.78 Å². The Morgan fingerprint density at radius 1 is 1.30 bits per heavy atom. The van der Waals surface area contributed by atoms with Gasteiger partial charge in [0.15, 0.2) is 11.5 Å². The van der Waals surface area contributed by atoms with Crippen molar-refractivity contribution >= 4 is 5.97 Å². The highest BCUT2D eigenvalue weighted by Crippen LogP contribution is 2.29. The van der Waals surface area contributed by atoms with Crippen molar-refractivity contribution in [3.05, 3.63) is 23.8 Å². The highest BCUT2D eigenvalue weighted by molar-refractivity contribution is 5.70. The Morgan fingerprint density at radius 3 is 2.52 bits per heavy atom. The number of rotatable bonds is 10. The summed E-state index contributed by atoms with van der Waals surface area (Å²) in [4.78, 5) is 11.2. The van der Waals surface area contributed by atoms with Gasteiger partial charge in [0.05, 0.1) is 13.0 Å². The van der Waals surface area contributed by atoms with Crippen LogP contribution in [0, 0.1) is 11.8 Å². The summed E-state index contributed by atoms with van der Waals surface area (Å²) in [6.45, 7) is 1.78. The summed E-state index contributed by atoms with van der Waals surface area (Å²) in [6.07, 6.45) is 0.590. The molecular weight excluding hydrogens is 308 g/mol. The number of carbonyl (C=O) groups is 1. The Bertz CT molecular complexity index is 509. The lowest BCUT2D eigenvalue weighted by atomic mass is 9.97. The maximum Gasteiger partial charge on any atom is 0.387 e. The molecule has 0 heterocycles. The SMILES string of the molecule is COc1cc(CNCC(CC(C)C)C(=O)O)ccc1OC(F)F. The molecule has 5 nitrogen and oxygen atoms in total. The van der Waals surface area contributed by atoms with Crippen LogP contribution in [0.2, 0.25) is 0 Å². The molecule has 0 radical (unpaired) electrons. The van der Waals surface area contributed by atoms with Gasteiger partial charge in [-0.1, -0.05) is 19.9 Å². The highest BCUT2D eigenvalue weighted by atomic mass is 19.3. The normalized spacial score (nSPS) is 12.5. The lowest BCUT2D eigenvalue weighted by molar-refractivity contribution is -0.142. The van der Waals surface area contributed by atoms with E-state index in [1.807, 2.05) is 13.8 Å². The van der Waals surface area contributed by atoms with Crippen LogP contribution >= 0.6 is 0 Å². The van der Waals surface area contributed by atoms with Crippen LogP contribution in [0.5, 0.6) is 11.5 Å². The second-order valence-electron chi connectivity index (χ2n) is 5.66. The number of alkyl halides is 2. The van der Waals surface area contributed by atoms with Gasteiger partial charge in [0.2, 0.25) is 0 Å². The van der Waals surface area contributed by atoms with E-state index in [1.54, 1.807) is 12.1 Å². The highest BCUT2D eigenvalue weighted by Gasteiger charge is 2.18. The summed E-state index contributed by atoms with van der Waals surface area (Å²) >= 11 is 0. The monoisotopic (exact) mass is 331 g/mol. The Morgan fingerprint density at radius 2 is 2.00 bits per heavy atom. The van der Waals surface area contributed by atoms with Gasteiger partial charge in [0, 0.05) is 13.1 Å². The number of hydrogen-bond donors (Lipinski definition) is 2. The molecule has 23 heavy (non-hydrogen) atoms. The fourth-order valence-corrected chi connectivity index (χ4v) is 2.25. The molecule has 0 aromatic heterocycles. The van der Waals surface area contributed by atoms with E-state index in [9.17, 15) is 18.7 Å². The number of nitrogens with one attached hydrogen (secondary N) is 1. The standard InChI is InChI=1S/C16H23F2NO4/c1-10(2)6-12(15(20)21)9-19-8-11-4-5-13(23-16(17)18)14(7-11)22-3/h4-5,7,10,12,16,19H,6,8-9H2,1-3H3,(H,20,21). The smallest absolute Gasteiger partial charge is 0.387 e. The fraction of sp³-hybridized carbons (Fsp3) is 0.562. The van der Waals surface area contributed by atoms with E-state index in [0.717, 1.165) is 5.56 Å². The molecule has 2 N–H and O–H groups in total. The van der Waals surface area contributed by atoms with Crippen molar-refractivity contribution < 1.29 is 28.2 Å². The molecular formula is C16H23F2NO4. The Kier molecular flexibility index (Phi) is 7.74. The predicted octanol–water partition coefficient (Wildman–Crippen LogP) is 3.13. The van der Waals surface area contributed by atoms with E-state index in [4.69, 9.17) is 4.74 Å². The molecule has 0 spiro atoms. The minimum Gasteiger partial charge on any atom is -0.493 e. The molecule has 130 valence electrons. The number of halogens is 2. The second-order valence-corrected chi connectivity index (χ2v) is 5.66. The van der Waals surface area contributed by atoms with Gasteiger partial charge in [-0.15, -0.1) is 0 Å². The summed E-state index contributed by atoms with van der Waals surface area (Å²) < 4.78 is 33.9. The molecule has 1 aromatic rings. The van der Waals surface area contributed by atoms with Crippen molar-refractivity contribution in [1.29, 1.82) is 0 Å². The Balaban J connectivity index is 2.62. The number of methoxy groups -OCH3 is 1. The third kappa shape index (κ3) is 6.81. The van der Waals surface area contributed by atoms with Crippen molar-refractivity contribution in [3.63, 3.8) is 0 Å². The van der Waals surface area contributed by atoms with Crippen LogP contribution in [-0.4, -0.2) is 31.3 Å². The molecule has 0 saturated carbocycles. The zero-order valence-electron chi connectivity index (χ0n) is 13.5. The first-order valence-electron chi connectivity index (χ1n) is 7.38. The Labute approximate surface area is 134 Å². The van der Waals surface area contributed by atoms with E-state index < -0.39 is 18.5 Å². The molecule has 1 rings (SSSR count). The number of aliphatic carboxylic acids is 1. The largest absolute Gasteiger partial charge is 0.493 e. The van der Waals surface area contributed by atoms with E-state index in [-0.39, 0.29) is 11.5 Å². The number of benzene rings is 1. The molecule has 0 fully saturated rings. The topological polar surface area (TPSA) is 67.8 Å². The minimum atomic E-state index is -2.92.